The average Bonchev–Trinajstić information content (AvgIpc) is 2.38. The Labute approximate surface area is 99.1 Å². The van der Waals surface area contributed by atoms with Crippen LogP contribution in [0.25, 0.3) is 0 Å². The van der Waals surface area contributed by atoms with Crippen molar-refractivity contribution in [2.45, 2.75) is 19.9 Å². The molecule has 1 aliphatic heterocycles. The molecular formula is C12H16BrNO. The fourth-order valence-corrected chi connectivity index (χ4v) is 2.31. The zero-order valence-electron chi connectivity index (χ0n) is 9.09. The molecule has 1 aliphatic rings. The molecule has 1 N–H and O–H groups in total. The lowest BCUT2D eigenvalue weighted by Crippen LogP contribution is -2.26. The number of hydrogen-bond acceptors (Lipinski definition) is 2. The number of rotatable bonds is 1. The van der Waals surface area contributed by atoms with E-state index >= 15 is 0 Å². The maximum atomic E-state index is 5.72. The van der Waals surface area contributed by atoms with E-state index in [4.69, 9.17) is 4.74 Å². The van der Waals surface area contributed by atoms with Gasteiger partial charge >= 0.3 is 0 Å². The molecule has 1 aromatic rings. The number of ether oxygens (including phenoxy) is 1. The molecule has 0 aromatic heterocycles. The van der Waals surface area contributed by atoms with Gasteiger partial charge in [0.2, 0.25) is 0 Å². The molecule has 2 nitrogen and oxygen atoms in total. The minimum atomic E-state index is 0.399. The lowest BCUT2D eigenvalue weighted by Gasteiger charge is -2.21. The lowest BCUT2D eigenvalue weighted by molar-refractivity contribution is 0.321. The molecule has 3 heteroatoms. The van der Waals surface area contributed by atoms with Crippen molar-refractivity contribution in [3.8, 4) is 5.75 Å². The van der Waals surface area contributed by atoms with E-state index in [1.165, 1.54) is 5.56 Å². The van der Waals surface area contributed by atoms with Crippen molar-refractivity contribution in [3.63, 3.8) is 0 Å². The highest BCUT2D eigenvalue weighted by atomic mass is 79.9. The predicted molar refractivity (Wildman–Crippen MR) is 65.2 cm³/mol. The summed E-state index contributed by atoms with van der Waals surface area (Å²) < 4.78 is 6.79. The van der Waals surface area contributed by atoms with Crippen LogP contribution in [0, 0.1) is 5.92 Å². The van der Waals surface area contributed by atoms with Crippen LogP contribution in [-0.4, -0.2) is 13.2 Å². The number of hydrogen-bond donors (Lipinski definition) is 1. The Morgan fingerprint density at radius 2 is 2.27 bits per heavy atom. The van der Waals surface area contributed by atoms with E-state index in [0.29, 0.717) is 12.0 Å². The van der Waals surface area contributed by atoms with Crippen molar-refractivity contribution >= 4 is 15.9 Å². The van der Waals surface area contributed by atoms with E-state index < -0.39 is 0 Å². The van der Waals surface area contributed by atoms with Crippen molar-refractivity contribution in [3.05, 3.63) is 28.2 Å². The minimum Gasteiger partial charge on any atom is -0.492 e. The SMILES string of the molecule is CC(C)C1NCCOc2cc(Br)ccc21. The van der Waals surface area contributed by atoms with Gasteiger partial charge in [0.1, 0.15) is 12.4 Å². The van der Waals surface area contributed by atoms with Crippen LogP contribution in [0.2, 0.25) is 0 Å². The van der Waals surface area contributed by atoms with Crippen LogP contribution in [-0.2, 0) is 0 Å². The van der Waals surface area contributed by atoms with Crippen LogP contribution >= 0.6 is 15.9 Å². The molecule has 1 aromatic carbocycles. The zero-order valence-corrected chi connectivity index (χ0v) is 10.7. The summed E-state index contributed by atoms with van der Waals surface area (Å²) in [6.45, 7) is 6.12. The Balaban J connectivity index is 2.40. The van der Waals surface area contributed by atoms with Crippen molar-refractivity contribution in [2.75, 3.05) is 13.2 Å². The second-order valence-corrected chi connectivity index (χ2v) is 5.12. The molecule has 82 valence electrons. The number of nitrogens with one attached hydrogen (secondary N) is 1. The number of halogens is 1. The van der Waals surface area contributed by atoms with E-state index in [2.05, 4.69) is 53.3 Å². The molecule has 1 atom stereocenters. The predicted octanol–water partition coefficient (Wildman–Crippen LogP) is 3.13. The Kier molecular flexibility index (Phi) is 3.32. The van der Waals surface area contributed by atoms with Crippen LogP contribution in [0.4, 0.5) is 0 Å². The van der Waals surface area contributed by atoms with E-state index in [1.807, 2.05) is 0 Å². The summed E-state index contributed by atoms with van der Waals surface area (Å²) in [5.41, 5.74) is 1.27. The van der Waals surface area contributed by atoms with Crippen molar-refractivity contribution < 1.29 is 4.74 Å². The summed E-state index contributed by atoms with van der Waals surface area (Å²) in [6, 6.07) is 6.67. The van der Waals surface area contributed by atoms with Gasteiger partial charge in [-0.3, -0.25) is 0 Å². The maximum absolute atomic E-state index is 5.72. The van der Waals surface area contributed by atoms with Gasteiger partial charge in [-0.2, -0.15) is 0 Å². The van der Waals surface area contributed by atoms with Crippen LogP contribution in [0.1, 0.15) is 25.5 Å². The summed E-state index contributed by atoms with van der Waals surface area (Å²) >= 11 is 3.47. The Hall–Kier alpha value is -0.540. The van der Waals surface area contributed by atoms with Gasteiger partial charge in [0.15, 0.2) is 0 Å². The van der Waals surface area contributed by atoms with Gasteiger partial charge in [-0.1, -0.05) is 35.8 Å². The first-order chi connectivity index (χ1) is 7.18. The second-order valence-electron chi connectivity index (χ2n) is 4.21. The van der Waals surface area contributed by atoms with Crippen molar-refractivity contribution in [1.82, 2.24) is 5.32 Å². The fourth-order valence-electron chi connectivity index (χ4n) is 1.97. The van der Waals surface area contributed by atoms with Gasteiger partial charge in [-0.25, -0.2) is 0 Å². The molecule has 1 heterocycles. The number of benzene rings is 1. The normalized spacial score (nSPS) is 20.7. The molecule has 0 fully saturated rings. The molecule has 0 radical (unpaired) electrons. The molecule has 2 rings (SSSR count). The second kappa shape index (κ2) is 4.54. The third kappa shape index (κ3) is 2.34. The van der Waals surface area contributed by atoms with E-state index in [0.717, 1.165) is 23.4 Å². The first-order valence-electron chi connectivity index (χ1n) is 5.34. The fraction of sp³-hybridized carbons (Fsp3) is 0.500. The molecule has 0 bridgehead atoms. The highest BCUT2D eigenvalue weighted by molar-refractivity contribution is 9.10. The third-order valence-electron chi connectivity index (χ3n) is 2.70. The zero-order chi connectivity index (χ0) is 10.8. The average molecular weight is 270 g/mol. The summed E-state index contributed by atoms with van der Waals surface area (Å²) in [7, 11) is 0. The Morgan fingerprint density at radius 3 is 3.00 bits per heavy atom. The number of fused-ring (bicyclic) bond motifs is 1. The molecule has 0 saturated heterocycles. The van der Waals surface area contributed by atoms with Crippen molar-refractivity contribution in [2.24, 2.45) is 5.92 Å². The van der Waals surface area contributed by atoms with E-state index in [1.54, 1.807) is 0 Å². The molecule has 0 saturated carbocycles. The maximum Gasteiger partial charge on any atom is 0.125 e. The third-order valence-corrected chi connectivity index (χ3v) is 3.19. The van der Waals surface area contributed by atoms with E-state index in [-0.39, 0.29) is 0 Å². The van der Waals surface area contributed by atoms with Gasteiger partial charge in [0, 0.05) is 22.6 Å². The molecule has 1 unspecified atom stereocenters. The molecule has 0 spiro atoms. The molecular weight excluding hydrogens is 254 g/mol. The molecule has 0 amide bonds. The Bertz CT molecular complexity index is 351. The largest absolute Gasteiger partial charge is 0.492 e. The van der Waals surface area contributed by atoms with Gasteiger partial charge in [-0.05, 0) is 18.1 Å². The minimum absolute atomic E-state index is 0.399. The topological polar surface area (TPSA) is 21.3 Å². The summed E-state index contributed by atoms with van der Waals surface area (Å²) in [5, 5.41) is 3.52. The quantitative estimate of drug-likeness (QED) is 0.846. The van der Waals surface area contributed by atoms with Crippen LogP contribution in [0.5, 0.6) is 5.75 Å². The van der Waals surface area contributed by atoms with Gasteiger partial charge in [0.05, 0.1) is 0 Å². The molecule has 15 heavy (non-hydrogen) atoms. The first-order valence-corrected chi connectivity index (χ1v) is 6.13. The lowest BCUT2D eigenvalue weighted by atomic mass is 9.95. The highest BCUT2D eigenvalue weighted by Gasteiger charge is 2.21. The van der Waals surface area contributed by atoms with E-state index in [9.17, 15) is 0 Å². The smallest absolute Gasteiger partial charge is 0.125 e. The van der Waals surface area contributed by atoms with Gasteiger partial charge in [0.25, 0.3) is 0 Å². The van der Waals surface area contributed by atoms with Crippen LogP contribution < -0.4 is 10.1 Å². The Morgan fingerprint density at radius 1 is 1.47 bits per heavy atom. The van der Waals surface area contributed by atoms with Crippen LogP contribution in [0.3, 0.4) is 0 Å². The molecule has 0 aliphatic carbocycles. The summed E-state index contributed by atoms with van der Waals surface area (Å²) in [4.78, 5) is 0. The standard InChI is InChI=1S/C12H16BrNO/c1-8(2)12-10-4-3-9(13)7-11(10)15-6-5-14-12/h3-4,7-8,12,14H,5-6H2,1-2H3. The summed E-state index contributed by atoms with van der Waals surface area (Å²) in [6.07, 6.45) is 0. The van der Waals surface area contributed by atoms with Gasteiger partial charge in [-0.15, -0.1) is 0 Å². The first kappa shape index (κ1) is 11.0. The van der Waals surface area contributed by atoms with Crippen molar-refractivity contribution in [1.29, 1.82) is 0 Å². The highest BCUT2D eigenvalue weighted by Crippen LogP contribution is 2.33. The van der Waals surface area contributed by atoms with Gasteiger partial charge < -0.3 is 10.1 Å². The van der Waals surface area contributed by atoms with Crippen LogP contribution in [0.15, 0.2) is 22.7 Å². The monoisotopic (exact) mass is 269 g/mol. The summed E-state index contributed by atoms with van der Waals surface area (Å²) in [5.74, 6) is 1.58.